The van der Waals surface area contributed by atoms with Crippen molar-refractivity contribution in [2.45, 2.75) is 52.0 Å². The quantitative estimate of drug-likeness (QED) is 0.602. The first-order chi connectivity index (χ1) is 14.7. The van der Waals surface area contributed by atoms with E-state index in [0.717, 1.165) is 43.5 Å². The zero-order chi connectivity index (χ0) is 22.6. The van der Waals surface area contributed by atoms with Gasteiger partial charge < -0.3 is 15.5 Å². The van der Waals surface area contributed by atoms with Crippen molar-refractivity contribution < 1.29 is 9.59 Å². The number of anilines is 2. The molecule has 0 saturated carbocycles. The largest absolute Gasteiger partial charge is 0.337 e. The van der Waals surface area contributed by atoms with Crippen molar-refractivity contribution in [3.63, 3.8) is 0 Å². The van der Waals surface area contributed by atoms with Gasteiger partial charge in [-0.3, -0.25) is 15.0 Å². The van der Waals surface area contributed by atoms with Crippen LogP contribution >= 0.6 is 11.3 Å². The van der Waals surface area contributed by atoms with Crippen LogP contribution < -0.4 is 15.5 Å². The SMILES string of the molecule is C#Cc1ccc(C(=O)NC(C)(C)C(=O)Nc2ccc(N3CCCCCC3=N)c(C)c2)s1. The topological polar surface area (TPSA) is 85.3 Å². The molecule has 1 aromatic carbocycles. The predicted octanol–water partition coefficient (Wildman–Crippen LogP) is 4.54. The van der Waals surface area contributed by atoms with Crippen LogP contribution in [0.15, 0.2) is 30.3 Å². The minimum atomic E-state index is -1.11. The molecule has 3 rings (SSSR count). The molecule has 0 radical (unpaired) electrons. The number of terminal acetylenes is 1. The summed E-state index contributed by atoms with van der Waals surface area (Å²) in [6.07, 6.45) is 9.42. The van der Waals surface area contributed by atoms with E-state index in [2.05, 4.69) is 21.5 Å². The number of thiophene rings is 1. The molecule has 1 saturated heterocycles. The molecule has 2 heterocycles. The highest BCUT2D eigenvalue weighted by molar-refractivity contribution is 7.14. The molecular formula is C24H28N4O2S. The van der Waals surface area contributed by atoms with Gasteiger partial charge in [-0.05, 0) is 69.5 Å². The zero-order valence-corrected chi connectivity index (χ0v) is 19.0. The van der Waals surface area contributed by atoms with E-state index < -0.39 is 5.54 Å². The van der Waals surface area contributed by atoms with E-state index >= 15 is 0 Å². The van der Waals surface area contributed by atoms with Gasteiger partial charge >= 0.3 is 0 Å². The normalized spacial score (nSPS) is 14.5. The van der Waals surface area contributed by atoms with Gasteiger partial charge in [-0.15, -0.1) is 17.8 Å². The minimum absolute atomic E-state index is 0.316. The Morgan fingerprint density at radius 2 is 1.97 bits per heavy atom. The summed E-state index contributed by atoms with van der Waals surface area (Å²) < 4.78 is 0. The van der Waals surface area contributed by atoms with Crippen LogP contribution in [0.5, 0.6) is 0 Å². The van der Waals surface area contributed by atoms with Gasteiger partial charge in [-0.2, -0.15) is 0 Å². The van der Waals surface area contributed by atoms with Crippen molar-refractivity contribution in [2.75, 3.05) is 16.8 Å². The fourth-order valence-electron chi connectivity index (χ4n) is 3.54. The van der Waals surface area contributed by atoms with E-state index in [1.807, 2.05) is 25.1 Å². The molecule has 1 fully saturated rings. The standard InChI is InChI=1S/C24H28N4O2S/c1-5-18-11-13-20(31-18)22(29)27-24(3,4)23(30)26-17-10-12-19(16(2)15-17)28-14-8-6-7-9-21(28)25/h1,10-13,15,25H,6-9,14H2,2-4H3,(H,26,30)(H,27,29). The van der Waals surface area contributed by atoms with E-state index in [0.29, 0.717) is 21.3 Å². The van der Waals surface area contributed by atoms with E-state index in [1.54, 1.807) is 26.0 Å². The second kappa shape index (κ2) is 9.36. The number of benzene rings is 1. The zero-order valence-electron chi connectivity index (χ0n) is 18.2. The molecule has 1 aliphatic heterocycles. The Bertz CT molecular complexity index is 1050. The minimum Gasteiger partial charge on any atom is -0.337 e. The van der Waals surface area contributed by atoms with Gasteiger partial charge in [0.15, 0.2) is 0 Å². The maximum atomic E-state index is 12.9. The molecule has 0 aliphatic carbocycles. The lowest BCUT2D eigenvalue weighted by molar-refractivity contribution is -0.120. The summed E-state index contributed by atoms with van der Waals surface area (Å²) in [4.78, 5) is 28.6. The highest BCUT2D eigenvalue weighted by atomic mass is 32.1. The first kappa shape index (κ1) is 22.6. The lowest BCUT2D eigenvalue weighted by atomic mass is 10.0. The predicted molar refractivity (Wildman–Crippen MR) is 127 cm³/mol. The van der Waals surface area contributed by atoms with E-state index in [1.165, 1.54) is 11.3 Å². The first-order valence-electron chi connectivity index (χ1n) is 10.4. The second-order valence-corrected chi connectivity index (χ2v) is 9.34. The summed E-state index contributed by atoms with van der Waals surface area (Å²) in [7, 11) is 0. The van der Waals surface area contributed by atoms with Crippen molar-refractivity contribution >= 4 is 40.4 Å². The van der Waals surface area contributed by atoms with Crippen LogP contribution in [0, 0.1) is 24.7 Å². The van der Waals surface area contributed by atoms with E-state index in [9.17, 15) is 9.59 Å². The number of carbonyl (C=O) groups excluding carboxylic acids is 2. The Hall–Kier alpha value is -3.11. The van der Waals surface area contributed by atoms with Crippen LogP contribution in [-0.4, -0.2) is 29.7 Å². The van der Waals surface area contributed by atoms with Gasteiger partial charge in [0.2, 0.25) is 5.91 Å². The Kier molecular flexibility index (Phi) is 6.81. The van der Waals surface area contributed by atoms with Gasteiger partial charge in [0.25, 0.3) is 5.91 Å². The number of hydrogen-bond donors (Lipinski definition) is 3. The number of nitrogens with zero attached hydrogens (tertiary/aromatic N) is 1. The van der Waals surface area contributed by atoms with Crippen molar-refractivity contribution in [3.8, 4) is 12.3 Å². The summed E-state index contributed by atoms with van der Waals surface area (Å²) in [6.45, 7) is 6.15. The van der Waals surface area contributed by atoms with E-state index in [4.69, 9.17) is 11.8 Å². The van der Waals surface area contributed by atoms with Crippen molar-refractivity contribution in [3.05, 3.63) is 45.6 Å². The fourth-order valence-corrected chi connectivity index (χ4v) is 4.25. The smallest absolute Gasteiger partial charge is 0.262 e. The highest BCUT2D eigenvalue weighted by Gasteiger charge is 2.30. The molecule has 3 N–H and O–H groups in total. The van der Waals surface area contributed by atoms with Crippen molar-refractivity contribution in [1.29, 1.82) is 5.41 Å². The Balaban J connectivity index is 1.68. The molecule has 162 valence electrons. The molecule has 1 aromatic heterocycles. The van der Waals surface area contributed by atoms with Gasteiger partial charge in [-0.25, -0.2) is 0 Å². The molecule has 6 nitrogen and oxygen atoms in total. The number of aryl methyl sites for hydroxylation is 1. The molecule has 0 unspecified atom stereocenters. The molecule has 0 bridgehead atoms. The maximum absolute atomic E-state index is 12.9. The van der Waals surface area contributed by atoms with Gasteiger partial charge in [0.1, 0.15) is 11.4 Å². The number of hydrogen-bond acceptors (Lipinski definition) is 4. The number of carbonyl (C=O) groups is 2. The molecule has 0 atom stereocenters. The van der Waals surface area contributed by atoms with Gasteiger partial charge in [0.05, 0.1) is 9.75 Å². The molecule has 2 amide bonds. The molecule has 1 aliphatic rings. The summed E-state index contributed by atoms with van der Waals surface area (Å²) in [5.74, 6) is 2.49. The van der Waals surface area contributed by atoms with Gasteiger partial charge in [-0.1, -0.05) is 12.3 Å². The lowest BCUT2D eigenvalue weighted by Gasteiger charge is -2.27. The van der Waals surface area contributed by atoms with Gasteiger partial charge in [0, 0.05) is 24.3 Å². The van der Waals surface area contributed by atoms with Crippen molar-refractivity contribution in [2.24, 2.45) is 0 Å². The Morgan fingerprint density at radius 3 is 2.65 bits per heavy atom. The summed E-state index contributed by atoms with van der Waals surface area (Å²) in [5.41, 5.74) is 1.53. The molecule has 31 heavy (non-hydrogen) atoms. The number of amidine groups is 1. The average molecular weight is 437 g/mol. The Labute approximate surface area is 187 Å². The first-order valence-corrected chi connectivity index (χ1v) is 11.2. The monoisotopic (exact) mass is 436 g/mol. The van der Waals surface area contributed by atoms with Crippen LogP contribution in [0.3, 0.4) is 0 Å². The molecule has 0 spiro atoms. The highest BCUT2D eigenvalue weighted by Crippen LogP contribution is 2.27. The second-order valence-electron chi connectivity index (χ2n) is 8.25. The maximum Gasteiger partial charge on any atom is 0.262 e. The van der Waals surface area contributed by atoms with E-state index in [-0.39, 0.29) is 11.8 Å². The average Bonchev–Trinajstić information content (AvgIpc) is 3.11. The molecule has 7 heteroatoms. The molecular weight excluding hydrogens is 408 g/mol. The third-order valence-corrected chi connectivity index (χ3v) is 6.35. The Morgan fingerprint density at radius 1 is 1.19 bits per heavy atom. The summed E-state index contributed by atoms with van der Waals surface area (Å²) in [6, 6.07) is 9.06. The fraction of sp³-hybridized carbons (Fsp3) is 0.375. The van der Waals surface area contributed by atoms with Crippen LogP contribution in [0.4, 0.5) is 11.4 Å². The summed E-state index contributed by atoms with van der Waals surface area (Å²) >= 11 is 1.21. The third kappa shape index (κ3) is 5.33. The summed E-state index contributed by atoms with van der Waals surface area (Å²) in [5, 5.41) is 14.0. The van der Waals surface area contributed by atoms with Crippen LogP contribution in [0.25, 0.3) is 0 Å². The number of rotatable bonds is 5. The van der Waals surface area contributed by atoms with Crippen LogP contribution in [-0.2, 0) is 4.79 Å². The number of amides is 2. The molecule has 2 aromatic rings. The lowest BCUT2D eigenvalue weighted by Crippen LogP contribution is -2.52. The van der Waals surface area contributed by atoms with Crippen LogP contribution in [0.1, 0.15) is 59.6 Å². The van der Waals surface area contributed by atoms with Crippen molar-refractivity contribution in [1.82, 2.24) is 5.32 Å². The van der Waals surface area contributed by atoms with Crippen LogP contribution in [0.2, 0.25) is 0 Å². The third-order valence-electron chi connectivity index (χ3n) is 5.33. The number of nitrogens with one attached hydrogen (secondary N) is 3.